The number of hydrogen-bond acceptors (Lipinski definition) is 3. The number of rotatable bonds is 3. The molecule has 5 nitrogen and oxygen atoms in total. The van der Waals surface area contributed by atoms with Gasteiger partial charge in [0.15, 0.2) is 11.5 Å². The van der Waals surface area contributed by atoms with Crippen LogP contribution in [-0.2, 0) is 0 Å². The fraction of sp³-hybridized carbons (Fsp3) is 0.200. The van der Waals surface area contributed by atoms with Crippen molar-refractivity contribution < 1.29 is 18.3 Å². The Morgan fingerprint density at radius 1 is 1.35 bits per heavy atom. The number of fused-ring (bicyclic) bond motifs is 1. The fourth-order valence-corrected chi connectivity index (χ4v) is 1.34. The van der Waals surface area contributed by atoms with E-state index in [0.717, 1.165) is 0 Å². The molecule has 0 fully saturated rings. The molecule has 0 amide bonds. The molecular weight excluding hydrogens is 232 g/mol. The van der Waals surface area contributed by atoms with Crippen LogP contribution in [-0.4, -0.2) is 12.8 Å². The molecule has 0 N–H and O–H groups in total. The third-order valence-corrected chi connectivity index (χ3v) is 1.99. The Balaban J connectivity index is 2.13. The summed E-state index contributed by atoms with van der Waals surface area (Å²) in [5.74, 6) is -0.0110. The highest BCUT2D eigenvalue weighted by Crippen LogP contribution is 2.41. The van der Waals surface area contributed by atoms with Crippen LogP contribution in [0.3, 0.4) is 0 Å². The summed E-state index contributed by atoms with van der Waals surface area (Å²) in [6.45, 7) is 0.196. The van der Waals surface area contributed by atoms with Crippen molar-refractivity contribution in [3.8, 4) is 11.5 Å². The second-order valence-corrected chi connectivity index (χ2v) is 3.19. The van der Waals surface area contributed by atoms with E-state index < -0.39 is 6.29 Å². The standard InChI is InChI=1S/C10H7F2N3O2/c11-10(12)16-8-4-3-7(6-9(8)17-10)2-1-5-14-15-13/h1-4,6H,5H2. The van der Waals surface area contributed by atoms with Crippen LogP contribution in [0.2, 0.25) is 0 Å². The Labute approximate surface area is 94.9 Å². The van der Waals surface area contributed by atoms with Gasteiger partial charge in [-0.25, -0.2) is 0 Å². The number of benzene rings is 1. The fourth-order valence-electron chi connectivity index (χ4n) is 1.34. The van der Waals surface area contributed by atoms with E-state index in [0.29, 0.717) is 5.56 Å². The average molecular weight is 239 g/mol. The first-order valence-electron chi connectivity index (χ1n) is 4.68. The molecule has 1 aliphatic heterocycles. The molecule has 17 heavy (non-hydrogen) atoms. The molecule has 0 radical (unpaired) electrons. The van der Waals surface area contributed by atoms with Crippen LogP contribution < -0.4 is 9.47 Å². The van der Waals surface area contributed by atoms with Gasteiger partial charge in [0.25, 0.3) is 0 Å². The molecule has 1 heterocycles. The van der Waals surface area contributed by atoms with E-state index in [2.05, 4.69) is 19.5 Å². The molecule has 0 atom stereocenters. The molecule has 0 aliphatic carbocycles. The van der Waals surface area contributed by atoms with E-state index >= 15 is 0 Å². The molecule has 0 unspecified atom stereocenters. The summed E-state index contributed by atoms with van der Waals surface area (Å²) in [7, 11) is 0. The quantitative estimate of drug-likeness (QED) is 0.461. The van der Waals surface area contributed by atoms with Crippen molar-refractivity contribution in [1.82, 2.24) is 0 Å². The Bertz CT molecular complexity index is 510. The molecule has 2 rings (SSSR count). The molecule has 1 aliphatic rings. The molecule has 0 bridgehead atoms. The summed E-state index contributed by atoms with van der Waals surface area (Å²) in [5.41, 5.74) is 8.70. The maximum atomic E-state index is 12.7. The zero-order chi connectivity index (χ0) is 12.3. The van der Waals surface area contributed by atoms with Crippen molar-refractivity contribution in [3.05, 3.63) is 40.3 Å². The topological polar surface area (TPSA) is 67.2 Å². The first-order valence-corrected chi connectivity index (χ1v) is 4.68. The van der Waals surface area contributed by atoms with Gasteiger partial charge in [0, 0.05) is 11.5 Å². The van der Waals surface area contributed by atoms with Gasteiger partial charge in [-0.15, -0.1) is 8.78 Å². The largest absolute Gasteiger partial charge is 0.586 e. The number of halogens is 2. The summed E-state index contributed by atoms with van der Waals surface area (Å²) in [5, 5.41) is 3.30. The normalized spacial score (nSPS) is 15.9. The van der Waals surface area contributed by atoms with Crippen molar-refractivity contribution in [2.24, 2.45) is 5.11 Å². The highest BCUT2D eigenvalue weighted by atomic mass is 19.3. The second-order valence-electron chi connectivity index (χ2n) is 3.19. The van der Waals surface area contributed by atoms with Crippen molar-refractivity contribution in [1.29, 1.82) is 0 Å². The monoisotopic (exact) mass is 239 g/mol. The Kier molecular flexibility index (Phi) is 2.84. The molecule has 1 aromatic rings. The van der Waals surface area contributed by atoms with Crippen LogP contribution in [0.25, 0.3) is 16.5 Å². The van der Waals surface area contributed by atoms with E-state index in [1.807, 2.05) is 0 Å². The lowest BCUT2D eigenvalue weighted by Crippen LogP contribution is -2.25. The van der Waals surface area contributed by atoms with E-state index in [9.17, 15) is 8.78 Å². The van der Waals surface area contributed by atoms with Gasteiger partial charge in [-0.2, -0.15) is 0 Å². The van der Waals surface area contributed by atoms with Gasteiger partial charge in [-0.1, -0.05) is 23.3 Å². The number of azide groups is 1. The van der Waals surface area contributed by atoms with Crippen LogP contribution in [0.4, 0.5) is 8.78 Å². The minimum Gasteiger partial charge on any atom is -0.395 e. The Morgan fingerprint density at radius 2 is 2.12 bits per heavy atom. The third kappa shape index (κ3) is 2.64. The minimum absolute atomic E-state index is 0.00203. The summed E-state index contributed by atoms with van der Waals surface area (Å²) in [6, 6.07) is 4.41. The SMILES string of the molecule is [N-]=[N+]=NCC=Cc1ccc2c(c1)OC(F)(F)O2. The van der Waals surface area contributed by atoms with Gasteiger partial charge in [-0.3, -0.25) is 0 Å². The van der Waals surface area contributed by atoms with Gasteiger partial charge < -0.3 is 9.47 Å². The average Bonchev–Trinajstić information content (AvgIpc) is 2.57. The predicted molar refractivity (Wildman–Crippen MR) is 55.7 cm³/mol. The molecule has 1 aromatic carbocycles. The first kappa shape index (κ1) is 11.2. The van der Waals surface area contributed by atoms with Crippen molar-refractivity contribution >= 4 is 6.08 Å². The van der Waals surface area contributed by atoms with Crippen LogP contribution in [0, 0.1) is 0 Å². The second kappa shape index (κ2) is 4.31. The third-order valence-electron chi connectivity index (χ3n) is 1.99. The van der Waals surface area contributed by atoms with Crippen LogP contribution in [0.15, 0.2) is 29.4 Å². The number of nitrogens with zero attached hydrogens (tertiary/aromatic N) is 3. The van der Waals surface area contributed by atoms with E-state index in [-0.39, 0.29) is 18.0 Å². The molecule has 0 saturated heterocycles. The molecule has 7 heteroatoms. The Hall–Kier alpha value is -2.27. The summed E-state index contributed by atoms with van der Waals surface area (Å²) in [4.78, 5) is 2.57. The van der Waals surface area contributed by atoms with E-state index in [4.69, 9.17) is 5.53 Å². The molecule has 0 aromatic heterocycles. The van der Waals surface area contributed by atoms with Crippen LogP contribution >= 0.6 is 0 Å². The summed E-state index contributed by atoms with van der Waals surface area (Å²) < 4.78 is 33.9. The predicted octanol–water partition coefficient (Wildman–Crippen LogP) is 3.33. The maximum absolute atomic E-state index is 12.7. The zero-order valence-corrected chi connectivity index (χ0v) is 8.51. The highest BCUT2D eigenvalue weighted by Gasteiger charge is 2.43. The lowest BCUT2D eigenvalue weighted by Gasteiger charge is -2.04. The number of alkyl halides is 2. The van der Waals surface area contributed by atoms with Gasteiger partial charge >= 0.3 is 6.29 Å². The van der Waals surface area contributed by atoms with E-state index in [1.165, 1.54) is 12.1 Å². The summed E-state index contributed by atoms with van der Waals surface area (Å²) in [6.07, 6.45) is -0.361. The van der Waals surface area contributed by atoms with Gasteiger partial charge in [0.05, 0.1) is 0 Å². The summed E-state index contributed by atoms with van der Waals surface area (Å²) >= 11 is 0. The molecule has 0 saturated carbocycles. The number of ether oxygens (including phenoxy) is 2. The van der Waals surface area contributed by atoms with Crippen LogP contribution in [0.5, 0.6) is 11.5 Å². The zero-order valence-electron chi connectivity index (χ0n) is 8.51. The lowest BCUT2D eigenvalue weighted by atomic mass is 10.2. The molecule has 0 spiro atoms. The lowest BCUT2D eigenvalue weighted by molar-refractivity contribution is -0.286. The van der Waals surface area contributed by atoms with Crippen molar-refractivity contribution in [2.75, 3.05) is 6.54 Å². The maximum Gasteiger partial charge on any atom is 0.586 e. The van der Waals surface area contributed by atoms with Gasteiger partial charge in [0.2, 0.25) is 0 Å². The van der Waals surface area contributed by atoms with Crippen molar-refractivity contribution in [3.63, 3.8) is 0 Å². The van der Waals surface area contributed by atoms with Gasteiger partial charge in [-0.05, 0) is 23.2 Å². The first-order chi connectivity index (χ1) is 8.11. The van der Waals surface area contributed by atoms with E-state index in [1.54, 1.807) is 18.2 Å². The Morgan fingerprint density at radius 3 is 2.88 bits per heavy atom. The molecule has 88 valence electrons. The van der Waals surface area contributed by atoms with Crippen molar-refractivity contribution in [2.45, 2.75) is 6.29 Å². The highest BCUT2D eigenvalue weighted by molar-refractivity contribution is 5.56. The van der Waals surface area contributed by atoms with Crippen LogP contribution in [0.1, 0.15) is 5.56 Å². The molecular formula is C10H7F2N3O2. The number of hydrogen-bond donors (Lipinski definition) is 0. The van der Waals surface area contributed by atoms with Gasteiger partial charge in [0.1, 0.15) is 0 Å². The smallest absolute Gasteiger partial charge is 0.395 e. The minimum atomic E-state index is -3.60.